The molecule has 0 radical (unpaired) electrons. The molecule has 2 unspecified atom stereocenters. The first-order valence-corrected chi connectivity index (χ1v) is 12.2. The van der Waals surface area contributed by atoms with E-state index < -0.39 is 0 Å². The molecule has 0 amide bonds. The molecule has 0 rings (SSSR count). The molecule has 0 bridgehead atoms. The first-order valence-electron chi connectivity index (χ1n) is 12.2. The van der Waals surface area contributed by atoms with Crippen LogP contribution in [0.2, 0.25) is 0 Å². The van der Waals surface area contributed by atoms with Gasteiger partial charge < -0.3 is 0 Å². The predicted octanol–water partition coefficient (Wildman–Crippen LogP) is 9.32. The summed E-state index contributed by atoms with van der Waals surface area (Å²) in [6.07, 6.45) is 32.3. The van der Waals surface area contributed by atoms with Gasteiger partial charge in [-0.05, 0) is 18.8 Å². The van der Waals surface area contributed by atoms with Gasteiger partial charge in [0.1, 0.15) is 0 Å². The van der Waals surface area contributed by atoms with Gasteiger partial charge in [0.15, 0.2) is 0 Å². The van der Waals surface area contributed by atoms with E-state index in [1.165, 1.54) is 122 Å². The van der Waals surface area contributed by atoms with Crippen LogP contribution in [-0.4, -0.2) is 0 Å². The van der Waals surface area contributed by atoms with Crippen LogP contribution >= 0.6 is 0 Å². The molecule has 154 valence electrons. The Kier molecular flexibility index (Phi) is 20.5. The largest absolute Gasteiger partial charge is 0.120 e. The smallest absolute Gasteiger partial charge is 0.0202 e. The summed E-state index contributed by atoms with van der Waals surface area (Å²) in [5.41, 5.74) is 0. The van der Waals surface area contributed by atoms with Gasteiger partial charge in [0.2, 0.25) is 0 Å². The Bertz CT molecular complexity index is 298. The van der Waals surface area contributed by atoms with Crippen LogP contribution in [0.1, 0.15) is 143 Å². The summed E-state index contributed by atoms with van der Waals surface area (Å²) in [5, 5.41) is 0. The molecule has 0 aliphatic heterocycles. The maximum Gasteiger partial charge on any atom is 0.0202 e. The zero-order valence-corrected chi connectivity index (χ0v) is 18.7. The zero-order valence-electron chi connectivity index (χ0n) is 18.7. The molecule has 0 aromatic carbocycles. The Morgan fingerprint density at radius 3 is 1.38 bits per heavy atom. The predicted molar refractivity (Wildman–Crippen MR) is 121 cm³/mol. The highest BCUT2D eigenvalue weighted by Crippen LogP contribution is 2.23. The van der Waals surface area contributed by atoms with Crippen molar-refractivity contribution in [2.45, 2.75) is 143 Å². The maximum atomic E-state index is 5.80. The van der Waals surface area contributed by atoms with E-state index in [4.69, 9.17) is 6.42 Å². The molecule has 0 saturated heterocycles. The third-order valence-corrected chi connectivity index (χ3v) is 5.88. The third kappa shape index (κ3) is 18.4. The van der Waals surface area contributed by atoms with Crippen LogP contribution < -0.4 is 0 Å². The summed E-state index contributed by atoms with van der Waals surface area (Å²) in [5.74, 6) is 4.42. The molecular formula is C26H50. The third-order valence-electron chi connectivity index (χ3n) is 5.88. The summed E-state index contributed by atoms with van der Waals surface area (Å²) in [4.78, 5) is 0. The van der Waals surface area contributed by atoms with Crippen molar-refractivity contribution in [3.05, 3.63) is 0 Å². The minimum atomic E-state index is 0.527. The molecule has 0 saturated carbocycles. The van der Waals surface area contributed by atoms with Crippen LogP contribution in [0.3, 0.4) is 0 Å². The molecule has 0 nitrogen and oxygen atoms in total. The van der Waals surface area contributed by atoms with E-state index in [0.717, 1.165) is 5.92 Å². The van der Waals surface area contributed by atoms with Crippen molar-refractivity contribution < 1.29 is 0 Å². The van der Waals surface area contributed by atoms with E-state index in [2.05, 4.69) is 26.7 Å². The molecule has 26 heavy (non-hydrogen) atoms. The van der Waals surface area contributed by atoms with Crippen LogP contribution in [0.15, 0.2) is 0 Å². The van der Waals surface area contributed by atoms with Crippen LogP contribution in [0.5, 0.6) is 0 Å². The second-order valence-electron chi connectivity index (χ2n) is 8.73. The number of unbranched alkanes of at least 4 members (excludes halogenated alkanes) is 14. The molecule has 2 atom stereocenters. The molecular weight excluding hydrogens is 312 g/mol. The average molecular weight is 363 g/mol. The normalized spacial score (nSPS) is 13.5. The van der Waals surface area contributed by atoms with Crippen molar-refractivity contribution in [1.82, 2.24) is 0 Å². The SMILES string of the molecule is C#CC(CCCCCCCCCC)CC(C)CCCCCCCCCC. The minimum Gasteiger partial charge on any atom is -0.120 e. The lowest BCUT2D eigenvalue weighted by atomic mass is 9.88. The summed E-state index contributed by atoms with van der Waals surface area (Å²) in [6.45, 7) is 6.99. The molecule has 0 aromatic heterocycles. The maximum absolute atomic E-state index is 5.80. The van der Waals surface area contributed by atoms with Crippen molar-refractivity contribution in [3.8, 4) is 12.3 Å². The lowest BCUT2D eigenvalue weighted by molar-refractivity contribution is 0.387. The van der Waals surface area contributed by atoms with Crippen molar-refractivity contribution in [2.24, 2.45) is 11.8 Å². The van der Waals surface area contributed by atoms with Crippen LogP contribution in [0.25, 0.3) is 0 Å². The fourth-order valence-electron chi connectivity index (χ4n) is 4.02. The van der Waals surface area contributed by atoms with Crippen LogP contribution in [-0.2, 0) is 0 Å². The van der Waals surface area contributed by atoms with Gasteiger partial charge in [-0.2, -0.15) is 0 Å². The van der Waals surface area contributed by atoms with E-state index >= 15 is 0 Å². The second kappa shape index (κ2) is 20.9. The van der Waals surface area contributed by atoms with Gasteiger partial charge >= 0.3 is 0 Å². The molecule has 0 heteroatoms. The molecule has 0 aliphatic rings. The van der Waals surface area contributed by atoms with Gasteiger partial charge in [-0.15, -0.1) is 12.3 Å². The monoisotopic (exact) mass is 362 g/mol. The Morgan fingerprint density at radius 1 is 0.577 bits per heavy atom. The van der Waals surface area contributed by atoms with Gasteiger partial charge in [-0.3, -0.25) is 0 Å². The lowest BCUT2D eigenvalue weighted by Crippen LogP contribution is -2.05. The number of hydrogen-bond acceptors (Lipinski definition) is 0. The van der Waals surface area contributed by atoms with Gasteiger partial charge in [0.05, 0.1) is 0 Å². The Labute approximate surface area is 167 Å². The van der Waals surface area contributed by atoms with Crippen molar-refractivity contribution in [2.75, 3.05) is 0 Å². The number of rotatable bonds is 20. The fraction of sp³-hybridized carbons (Fsp3) is 0.923. The van der Waals surface area contributed by atoms with E-state index in [-0.39, 0.29) is 0 Å². The minimum absolute atomic E-state index is 0.527. The van der Waals surface area contributed by atoms with E-state index in [1.54, 1.807) is 0 Å². The molecule has 0 aromatic rings. The Balaban J connectivity index is 3.50. The lowest BCUT2D eigenvalue weighted by Gasteiger charge is -2.16. The Hall–Kier alpha value is -0.440. The average Bonchev–Trinajstić information content (AvgIpc) is 2.65. The molecule has 0 fully saturated rings. The van der Waals surface area contributed by atoms with Crippen molar-refractivity contribution in [3.63, 3.8) is 0 Å². The highest BCUT2D eigenvalue weighted by molar-refractivity contribution is 4.93. The van der Waals surface area contributed by atoms with Gasteiger partial charge in [0.25, 0.3) is 0 Å². The highest BCUT2D eigenvalue weighted by Gasteiger charge is 2.10. The summed E-state index contributed by atoms with van der Waals surface area (Å²) in [7, 11) is 0. The van der Waals surface area contributed by atoms with E-state index in [1.807, 2.05) is 0 Å². The highest BCUT2D eigenvalue weighted by atomic mass is 14.2. The molecule has 0 heterocycles. The summed E-state index contributed by atoms with van der Waals surface area (Å²) in [6, 6.07) is 0. The van der Waals surface area contributed by atoms with Gasteiger partial charge in [-0.25, -0.2) is 0 Å². The second-order valence-corrected chi connectivity index (χ2v) is 8.73. The van der Waals surface area contributed by atoms with Gasteiger partial charge in [0, 0.05) is 5.92 Å². The standard InChI is InChI=1S/C26H50/c1-5-8-10-12-14-16-18-20-22-25(4)24-26(7-3)23-21-19-17-15-13-11-9-6-2/h3,25-26H,5-6,8-24H2,1-2,4H3. The topological polar surface area (TPSA) is 0 Å². The molecule has 0 spiro atoms. The first kappa shape index (κ1) is 25.6. The fourth-order valence-corrected chi connectivity index (χ4v) is 4.02. The van der Waals surface area contributed by atoms with Crippen molar-refractivity contribution >= 4 is 0 Å². The number of terminal acetylenes is 1. The molecule has 0 aliphatic carbocycles. The summed E-state index contributed by atoms with van der Waals surface area (Å²) >= 11 is 0. The van der Waals surface area contributed by atoms with E-state index in [0.29, 0.717) is 5.92 Å². The zero-order chi connectivity index (χ0) is 19.3. The quantitative estimate of drug-likeness (QED) is 0.149. The van der Waals surface area contributed by atoms with E-state index in [9.17, 15) is 0 Å². The van der Waals surface area contributed by atoms with Crippen molar-refractivity contribution in [1.29, 1.82) is 0 Å². The molecule has 0 N–H and O–H groups in total. The first-order chi connectivity index (χ1) is 12.7. The Morgan fingerprint density at radius 2 is 0.962 bits per heavy atom. The van der Waals surface area contributed by atoms with Crippen LogP contribution in [0.4, 0.5) is 0 Å². The summed E-state index contributed by atoms with van der Waals surface area (Å²) < 4.78 is 0. The van der Waals surface area contributed by atoms with Crippen LogP contribution in [0, 0.1) is 24.2 Å². The van der Waals surface area contributed by atoms with Gasteiger partial charge in [-0.1, -0.05) is 130 Å². The number of hydrogen-bond donors (Lipinski definition) is 0.